The molecule has 7 heteroatoms. The van der Waals surface area contributed by atoms with E-state index in [4.69, 9.17) is 0 Å². The van der Waals surface area contributed by atoms with Gasteiger partial charge in [0.25, 0.3) is 0 Å². The molecule has 2 aromatic carbocycles. The minimum atomic E-state index is -4.21. The molecule has 0 saturated heterocycles. The first-order valence-corrected chi connectivity index (χ1v) is 6.96. The average Bonchev–Trinajstić information content (AvgIpc) is 2.72. The van der Waals surface area contributed by atoms with Crippen molar-refractivity contribution in [2.24, 2.45) is 0 Å². The molecule has 0 aliphatic rings. The molecule has 0 atom stereocenters. The van der Waals surface area contributed by atoms with Crippen LogP contribution in [0.3, 0.4) is 0 Å². The third kappa shape index (κ3) is 3.29. The number of benzene rings is 2. The molecular formula is C14H9F6S+. The second-order valence-electron chi connectivity index (χ2n) is 3.99. The fourth-order valence-corrected chi connectivity index (χ4v) is 4.06. The number of halogens is 6. The van der Waals surface area contributed by atoms with Crippen LogP contribution in [-0.2, 0) is 5.51 Å². The minimum absolute atomic E-state index is 0.390. The van der Waals surface area contributed by atoms with Gasteiger partial charge in [0, 0.05) is 10.8 Å². The zero-order valence-corrected chi connectivity index (χ0v) is 11.2. The summed E-state index contributed by atoms with van der Waals surface area (Å²) in [6.07, 6.45) is 0. The molecule has 0 fully saturated rings. The Hall–Kier alpha value is -1.76. The standard InChI is InChI=1S/C13H8F3S.CHF3/c14-13(15,16)17-11-7-3-1-5-9(11)10-6-2-4-8-12(10)17;2-1(3)4/h1-8H;1H/q+1;. The van der Waals surface area contributed by atoms with E-state index in [9.17, 15) is 26.3 Å². The van der Waals surface area contributed by atoms with Gasteiger partial charge >= 0.3 is 12.2 Å². The highest BCUT2D eigenvalue weighted by Gasteiger charge is 2.47. The molecule has 0 spiro atoms. The number of hydrogen-bond acceptors (Lipinski definition) is 0. The molecule has 0 N–H and O–H groups in total. The van der Waals surface area contributed by atoms with Crippen molar-refractivity contribution < 1.29 is 26.3 Å². The SMILES string of the molecule is FC(F)(F)[s+]1c2ccccc2c2ccccc21.FC(F)F. The lowest BCUT2D eigenvalue weighted by atomic mass is 10.2. The number of thiophene rings is 1. The van der Waals surface area contributed by atoms with Crippen molar-refractivity contribution in [3.05, 3.63) is 48.5 Å². The Morgan fingerprint density at radius 2 is 1.05 bits per heavy atom. The summed E-state index contributed by atoms with van der Waals surface area (Å²) >= 11 is 0. The third-order valence-corrected chi connectivity index (χ3v) is 4.79. The van der Waals surface area contributed by atoms with E-state index >= 15 is 0 Å². The van der Waals surface area contributed by atoms with Crippen LogP contribution in [0.2, 0.25) is 0 Å². The maximum absolute atomic E-state index is 13.1. The van der Waals surface area contributed by atoms with Gasteiger partial charge in [0.15, 0.2) is 9.40 Å². The Kier molecular flexibility index (Phi) is 4.41. The van der Waals surface area contributed by atoms with E-state index in [1.807, 2.05) is 0 Å². The van der Waals surface area contributed by atoms with Crippen LogP contribution in [0, 0.1) is 0 Å². The Morgan fingerprint density at radius 3 is 1.38 bits per heavy atom. The highest BCUT2D eigenvalue weighted by molar-refractivity contribution is 7.43. The van der Waals surface area contributed by atoms with E-state index in [1.54, 1.807) is 48.5 Å². The molecule has 3 rings (SSSR count). The van der Waals surface area contributed by atoms with Crippen molar-refractivity contribution in [1.29, 1.82) is 0 Å². The van der Waals surface area contributed by atoms with Gasteiger partial charge < -0.3 is 0 Å². The van der Waals surface area contributed by atoms with E-state index in [1.165, 1.54) is 0 Å². The minimum Gasteiger partial charge on any atom is -0.174 e. The van der Waals surface area contributed by atoms with Gasteiger partial charge in [0.1, 0.15) is 10.5 Å². The lowest BCUT2D eigenvalue weighted by Crippen LogP contribution is -1.94. The molecule has 1 heterocycles. The molecule has 0 amide bonds. The fourth-order valence-electron chi connectivity index (χ4n) is 2.10. The number of hydrogen-bond donors (Lipinski definition) is 0. The van der Waals surface area contributed by atoms with Crippen LogP contribution in [0.1, 0.15) is 0 Å². The molecule has 0 bridgehead atoms. The first-order valence-electron chi connectivity index (χ1n) is 5.74. The highest BCUT2D eigenvalue weighted by Crippen LogP contribution is 2.53. The fraction of sp³-hybridized carbons (Fsp3) is 0.143. The van der Waals surface area contributed by atoms with Gasteiger partial charge in [-0.25, -0.2) is 0 Å². The Morgan fingerprint density at radius 1 is 0.714 bits per heavy atom. The summed E-state index contributed by atoms with van der Waals surface area (Å²) in [6.45, 7) is -3.67. The van der Waals surface area contributed by atoms with Crippen LogP contribution in [0.15, 0.2) is 48.5 Å². The first kappa shape index (κ1) is 15.6. The van der Waals surface area contributed by atoms with Crippen LogP contribution >= 0.6 is 10.5 Å². The molecule has 0 nitrogen and oxygen atoms in total. The Labute approximate surface area is 118 Å². The maximum atomic E-state index is 13.1. The molecule has 1 aromatic heterocycles. The summed E-state index contributed by atoms with van der Waals surface area (Å²) in [4.78, 5) is 0. The van der Waals surface area contributed by atoms with Gasteiger partial charge in [0.05, 0.1) is 0 Å². The molecular weight excluding hydrogens is 314 g/mol. The van der Waals surface area contributed by atoms with E-state index in [0.717, 1.165) is 0 Å². The van der Waals surface area contributed by atoms with Crippen molar-refractivity contribution in [3.63, 3.8) is 0 Å². The van der Waals surface area contributed by atoms with Gasteiger partial charge in [0.2, 0.25) is 0 Å². The van der Waals surface area contributed by atoms with Gasteiger partial charge in [-0.3, -0.25) is 0 Å². The van der Waals surface area contributed by atoms with Crippen molar-refractivity contribution in [2.75, 3.05) is 0 Å². The molecule has 3 aromatic rings. The summed E-state index contributed by atoms with van der Waals surface area (Å²) in [5.74, 6) is 0. The van der Waals surface area contributed by atoms with E-state index in [0.29, 0.717) is 20.2 Å². The second-order valence-corrected chi connectivity index (χ2v) is 5.95. The second kappa shape index (κ2) is 5.93. The quantitative estimate of drug-likeness (QED) is 0.332. The van der Waals surface area contributed by atoms with Crippen LogP contribution in [0.5, 0.6) is 0 Å². The molecule has 0 radical (unpaired) electrons. The molecule has 112 valence electrons. The van der Waals surface area contributed by atoms with E-state index < -0.39 is 22.7 Å². The monoisotopic (exact) mass is 323 g/mol. The summed E-state index contributed by atoms with van der Waals surface area (Å²) in [5, 5.41) is 1.42. The zero-order chi connectivity index (χ0) is 15.6. The van der Waals surface area contributed by atoms with Crippen LogP contribution in [0.4, 0.5) is 26.3 Å². The maximum Gasteiger partial charge on any atom is 0.601 e. The lowest BCUT2D eigenvalue weighted by molar-refractivity contribution is -0.0862. The smallest absolute Gasteiger partial charge is 0.174 e. The number of fused-ring (bicyclic) bond motifs is 3. The first-order chi connectivity index (χ1) is 9.82. The van der Waals surface area contributed by atoms with Crippen molar-refractivity contribution in [3.8, 4) is 0 Å². The zero-order valence-electron chi connectivity index (χ0n) is 10.4. The van der Waals surface area contributed by atoms with Gasteiger partial charge in [-0.15, -0.1) is 13.2 Å². The van der Waals surface area contributed by atoms with Crippen molar-refractivity contribution in [2.45, 2.75) is 12.2 Å². The van der Waals surface area contributed by atoms with Gasteiger partial charge in [-0.1, -0.05) is 24.3 Å². The average molecular weight is 323 g/mol. The van der Waals surface area contributed by atoms with Crippen LogP contribution in [-0.4, -0.2) is 6.68 Å². The summed E-state index contributed by atoms with van der Waals surface area (Å²) in [7, 11) is -1.79. The number of rotatable bonds is 0. The highest BCUT2D eigenvalue weighted by atomic mass is 32.2. The predicted octanol–water partition coefficient (Wildman–Crippen LogP) is 6.40. The molecule has 0 aliphatic heterocycles. The summed E-state index contributed by atoms with van der Waals surface area (Å²) < 4.78 is 69.2. The Balaban J connectivity index is 0.000000361. The van der Waals surface area contributed by atoms with Crippen molar-refractivity contribution >= 4 is 30.6 Å². The molecule has 21 heavy (non-hydrogen) atoms. The summed E-state index contributed by atoms with van der Waals surface area (Å²) in [6, 6.07) is 13.5. The van der Waals surface area contributed by atoms with E-state index in [2.05, 4.69) is 0 Å². The Bertz CT molecular complexity index is 688. The van der Waals surface area contributed by atoms with Crippen LogP contribution in [0.25, 0.3) is 20.2 Å². The number of alkyl halides is 6. The molecule has 0 unspecified atom stereocenters. The third-order valence-electron chi connectivity index (χ3n) is 2.74. The predicted molar refractivity (Wildman–Crippen MR) is 72.3 cm³/mol. The largest absolute Gasteiger partial charge is 0.601 e. The van der Waals surface area contributed by atoms with Gasteiger partial charge in [-0.05, 0) is 24.3 Å². The van der Waals surface area contributed by atoms with Crippen LogP contribution < -0.4 is 0 Å². The van der Waals surface area contributed by atoms with Gasteiger partial charge in [-0.2, -0.15) is 13.2 Å². The summed E-state index contributed by atoms with van der Waals surface area (Å²) in [5.41, 5.74) is -4.21. The topological polar surface area (TPSA) is 0 Å². The van der Waals surface area contributed by atoms with E-state index in [-0.39, 0.29) is 0 Å². The normalized spacial score (nSPS) is 11.8. The molecule has 0 aliphatic carbocycles. The lowest BCUT2D eigenvalue weighted by Gasteiger charge is -1.95. The molecule has 0 saturated carbocycles. The van der Waals surface area contributed by atoms with Crippen molar-refractivity contribution in [1.82, 2.24) is 0 Å².